The van der Waals surface area contributed by atoms with Crippen LogP contribution >= 0.6 is 0 Å². The zero-order chi connectivity index (χ0) is 16.6. The van der Waals surface area contributed by atoms with E-state index in [1.54, 1.807) is 0 Å². The fourth-order valence-corrected chi connectivity index (χ4v) is 4.24. The summed E-state index contributed by atoms with van der Waals surface area (Å²) in [6.45, 7) is 18.7. The van der Waals surface area contributed by atoms with Crippen LogP contribution in [-0.2, 0) is 0 Å². The van der Waals surface area contributed by atoms with Crippen molar-refractivity contribution in [1.82, 2.24) is 4.57 Å². The van der Waals surface area contributed by atoms with Crippen LogP contribution in [0.25, 0.3) is 0 Å². The van der Waals surface area contributed by atoms with E-state index in [9.17, 15) is 0 Å². The van der Waals surface area contributed by atoms with Gasteiger partial charge in [0.2, 0.25) is 6.17 Å². The lowest BCUT2D eigenvalue weighted by Crippen LogP contribution is -2.22. The van der Waals surface area contributed by atoms with E-state index in [1.807, 2.05) is 0 Å². The molecule has 1 aliphatic heterocycles. The molecule has 1 atom stereocenters. The molecule has 2 heteroatoms. The number of hydrogen-bond donors (Lipinski definition) is 0. The fourth-order valence-electron chi connectivity index (χ4n) is 4.24. The second-order valence-corrected chi connectivity index (χ2v) is 7.94. The van der Waals surface area contributed by atoms with Crippen LogP contribution in [0.1, 0.15) is 67.2 Å². The highest BCUT2D eigenvalue weighted by Gasteiger charge is 2.38. The summed E-state index contributed by atoms with van der Waals surface area (Å²) in [6, 6.07) is 4.83. The maximum atomic E-state index is 2.40. The Labute approximate surface area is 137 Å². The predicted octanol–water partition coefficient (Wildman–Crippen LogP) is 5.04. The zero-order valence-corrected chi connectivity index (χ0v) is 15.7. The molecule has 2 heterocycles. The van der Waals surface area contributed by atoms with Gasteiger partial charge in [0.25, 0.3) is 0 Å². The Kier molecular flexibility index (Phi) is 5.19. The molecule has 124 valence electrons. The van der Waals surface area contributed by atoms with E-state index in [4.69, 9.17) is 0 Å². The maximum Gasteiger partial charge on any atom is 0.229 e. The van der Waals surface area contributed by atoms with Gasteiger partial charge in [-0.15, -0.1) is 0 Å². The third kappa shape index (κ3) is 3.02. The van der Waals surface area contributed by atoms with Gasteiger partial charge in [-0.1, -0.05) is 34.6 Å². The van der Waals surface area contributed by atoms with E-state index in [0.717, 1.165) is 29.6 Å². The van der Waals surface area contributed by atoms with E-state index in [1.165, 1.54) is 5.69 Å². The van der Waals surface area contributed by atoms with Crippen molar-refractivity contribution in [3.8, 4) is 0 Å². The van der Waals surface area contributed by atoms with E-state index in [-0.39, 0.29) is 0 Å². The van der Waals surface area contributed by atoms with E-state index >= 15 is 0 Å². The minimum absolute atomic E-state index is 0.481. The Bertz CT molecular complexity index is 481. The molecule has 0 radical (unpaired) electrons. The zero-order valence-electron chi connectivity index (χ0n) is 15.7. The summed E-state index contributed by atoms with van der Waals surface area (Å²) in [7, 11) is 0. The highest BCUT2D eigenvalue weighted by molar-refractivity contribution is 5.74. The van der Waals surface area contributed by atoms with E-state index in [2.05, 4.69) is 89.1 Å². The molecule has 1 fully saturated rings. The summed E-state index contributed by atoms with van der Waals surface area (Å²) in [5, 5.41) is 0. The van der Waals surface area contributed by atoms with Crippen LogP contribution in [0.5, 0.6) is 0 Å². The molecule has 1 aromatic rings. The van der Waals surface area contributed by atoms with Crippen molar-refractivity contribution in [3.05, 3.63) is 24.0 Å². The topological polar surface area (TPSA) is 7.94 Å². The number of fused-ring (bicyclic) bond motifs is 1. The highest BCUT2D eigenvalue weighted by Crippen LogP contribution is 2.44. The van der Waals surface area contributed by atoms with Gasteiger partial charge in [-0.3, -0.25) is 4.57 Å². The monoisotopic (exact) mass is 303 g/mol. The average Bonchev–Trinajstić information content (AvgIpc) is 3.10. The molecule has 0 saturated heterocycles. The average molecular weight is 304 g/mol. The Morgan fingerprint density at radius 1 is 0.864 bits per heavy atom. The molecule has 1 unspecified atom stereocenters. The Balaban J connectivity index is 0.000000164. The molecule has 0 bridgehead atoms. The maximum absolute atomic E-state index is 2.40. The molecular formula is C20H35N2+. The van der Waals surface area contributed by atoms with Crippen LogP contribution in [0.3, 0.4) is 0 Å². The van der Waals surface area contributed by atoms with Gasteiger partial charge in [0.1, 0.15) is 11.7 Å². The summed E-state index contributed by atoms with van der Waals surface area (Å²) in [6.07, 6.45) is 4.85. The van der Waals surface area contributed by atoms with Crippen molar-refractivity contribution in [2.75, 3.05) is 0 Å². The van der Waals surface area contributed by atoms with Gasteiger partial charge in [-0.05, 0) is 55.6 Å². The van der Waals surface area contributed by atoms with Crippen LogP contribution in [0, 0.1) is 29.6 Å². The number of nitrogens with zero attached hydrogens (tertiary/aromatic N) is 2. The summed E-state index contributed by atoms with van der Waals surface area (Å²) in [4.78, 5) is 0. The molecule has 1 aromatic heterocycles. The van der Waals surface area contributed by atoms with Crippen LogP contribution in [0.15, 0.2) is 18.3 Å². The quantitative estimate of drug-likeness (QED) is 0.642. The number of hydrogen-bond acceptors (Lipinski definition) is 0. The van der Waals surface area contributed by atoms with Gasteiger partial charge in [-0.25, -0.2) is 4.58 Å². The summed E-state index contributed by atoms with van der Waals surface area (Å²) < 4.78 is 4.66. The summed E-state index contributed by atoms with van der Waals surface area (Å²) in [5.41, 5.74) is 1.32. The van der Waals surface area contributed by atoms with Crippen molar-refractivity contribution in [2.45, 2.75) is 67.6 Å². The molecule has 1 aliphatic carbocycles. The second kappa shape index (κ2) is 6.60. The van der Waals surface area contributed by atoms with Gasteiger partial charge in [0, 0.05) is 13.1 Å². The van der Waals surface area contributed by atoms with Crippen LogP contribution in [-0.4, -0.2) is 21.4 Å². The lowest BCUT2D eigenvalue weighted by molar-refractivity contribution is -0.602. The van der Waals surface area contributed by atoms with Crippen LogP contribution in [0.2, 0.25) is 0 Å². The van der Waals surface area contributed by atoms with Crippen LogP contribution in [0.4, 0.5) is 0 Å². The third-order valence-corrected chi connectivity index (χ3v) is 6.67. The minimum atomic E-state index is 0.481. The standard InChI is InChI=1S/C10H15N2.C10H20/c1-8(2)12-7-10-5-4-6-11(10)9(12)3;1-6-7(2)9(4)10(5)8(6)3/h4-9H,1-3H3;6-10H,1-5H3/q+1;. The molecule has 2 nitrogen and oxygen atoms in total. The Hall–Kier alpha value is -1.05. The number of rotatable bonds is 1. The molecule has 0 amide bonds. The van der Waals surface area contributed by atoms with Gasteiger partial charge in [0.15, 0.2) is 6.21 Å². The normalized spacial score (nSPS) is 36.9. The Morgan fingerprint density at radius 3 is 1.68 bits per heavy atom. The second-order valence-electron chi connectivity index (χ2n) is 7.94. The first-order valence-electron chi connectivity index (χ1n) is 9.04. The smallest absolute Gasteiger partial charge is 0.229 e. The van der Waals surface area contributed by atoms with Crippen molar-refractivity contribution in [2.24, 2.45) is 29.6 Å². The van der Waals surface area contributed by atoms with Gasteiger partial charge in [-0.2, -0.15) is 0 Å². The lowest BCUT2D eigenvalue weighted by Gasteiger charge is -2.14. The molecule has 2 aliphatic rings. The Morgan fingerprint density at radius 2 is 1.32 bits per heavy atom. The molecule has 1 saturated carbocycles. The van der Waals surface area contributed by atoms with E-state index in [0.29, 0.717) is 12.2 Å². The van der Waals surface area contributed by atoms with Crippen molar-refractivity contribution in [1.29, 1.82) is 0 Å². The van der Waals surface area contributed by atoms with Crippen molar-refractivity contribution >= 4 is 6.21 Å². The van der Waals surface area contributed by atoms with Crippen molar-refractivity contribution < 1.29 is 4.58 Å². The SMILES string of the molecule is CC(C)[N+]1=Cc2cccn2C1C.CC1C(C)C(C)C(C)C1C. The third-order valence-electron chi connectivity index (χ3n) is 6.67. The van der Waals surface area contributed by atoms with E-state index < -0.39 is 0 Å². The molecule has 0 N–H and O–H groups in total. The minimum Gasteiger partial charge on any atom is -0.285 e. The molecular weight excluding hydrogens is 268 g/mol. The number of aromatic nitrogens is 1. The molecule has 22 heavy (non-hydrogen) atoms. The lowest BCUT2D eigenvalue weighted by atomic mass is 9.92. The van der Waals surface area contributed by atoms with Gasteiger partial charge in [0.05, 0.1) is 0 Å². The first-order chi connectivity index (χ1) is 10.3. The van der Waals surface area contributed by atoms with Gasteiger partial charge < -0.3 is 0 Å². The first kappa shape index (κ1) is 17.3. The van der Waals surface area contributed by atoms with Crippen LogP contribution < -0.4 is 0 Å². The predicted molar refractivity (Wildman–Crippen MR) is 95.5 cm³/mol. The molecule has 3 rings (SSSR count). The first-order valence-corrected chi connectivity index (χ1v) is 9.04. The molecule has 0 aromatic carbocycles. The fraction of sp³-hybridized carbons (Fsp3) is 0.750. The van der Waals surface area contributed by atoms with Crippen molar-refractivity contribution in [3.63, 3.8) is 0 Å². The highest BCUT2D eigenvalue weighted by atomic mass is 15.3. The summed E-state index contributed by atoms with van der Waals surface area (Å²) >= 11 is 0. The largest absolute Gasteiger partial charge is 0.285 e. The summed E-state index contributed by atoms with van der Waals surface area (Å²) in [5.74, 6) is 4.68. The van der Waals surface area contributed by atoms with Gasteiger partial charge >= 0.3 is 0 Å². The molecule has 0 spiro atoms.